The van der Waals surface area contributed by atoms with Crippen molar-refractivity contribution in [2.75, 3.05) is 0 Å². The fraction of sp³-hybridized carbons (Fsp3) is 0.267. The van der Waals surface area contributed by atoms with Crippen LogP contribution in [-0.2, 0) is 0 Å². The summed E-state index contributed by atoms with van der Waals surface area (Å²) in [6.45, 7) is 2.07. The number of para-hydroxylation sites is 1. The van der Waals surface area contributed by atoms with Crippen molar-refractivity contribution in [3.05, 3.63) is 84.7 Å². The van der Waals surface area contributed by atoms with E-state index in [0.717, 1.165) is 57.1 Å². The van der Waals surface area contributed by atoms with Gasteiger partial charge < -0.3 is 4.42 Å². The molecule has 0 aliphatic heterocycles. The maximum absolute atomic E-state index is 9.22. The number of furan rings is 1. The van der Waals surface area contributed by atoms with Crippen LogP contribution in [-0.4, -0.2) is 9.97 Å². The van der Waals surface area contributed by atoms with Crippen molar-refractivity contribution in [3.63, 3.8) is 0 Å². The predicted molar refractivity (Wildman–Crippen MR) is 135 cm³/mol. The van der Waals surface area contributed by atoms with Crippen LogP contribution in [0, 0.1) is 5.92 Å². The number of benzene rings is 2. The summed E-state index contributed by atoms with van der Waals surface area (Å²) in [6, 6.07) is 22.7. The van der Waals surface area contributed by atoms with E-state index < -0.39 is 5.89 Å². The van der Waals surface area contributed by atoms with Crippen LogP contribution >= 0.6 is 0 Å². The third-order valence-electron chi connectivity index (χ3n) is 7.17. The molecule has 5 aromatic rings. The Hall–Kier alpha value is -3.46. The van der Waals surface area contributed by atoms with Gasteiger partial charge in [-0.2, -0.15) is 0 Å². The van der Waals surface area contributed by atoms with Crippen molar-refractivity contribution in [3.8, 4) is 22.4 Å². The lowest BCUT2D eigenvalue weighted by molar-refractivity contribution is 0.316. The average Bonchev–Trinajstić information content (AvgIpc) is 3.28. The second-order valence-electron chi connectivity index (χ2n) is 9.17. The molecule has 1 aliphatic carbocycles. The van der Waals surface area contributed by atoms with Crippen LogP contribution in [0.4, 0.5) is 0 Å². The fourth-order valence-electron chi connectivity index (χ4n) is 5.27. The normalized spacial score (nSPS) is 17.2. The van der Waals surface area contributed by atoms with Crippen LogP contribution in [0.5, 0.6) is 0 Å². The number of rotatable bonds is 4. The second kappa shape index (κ2) is 8.47. The molecular formula is C30H28N2O. The molecule has 1 aliphatic rings. The molecule has 3 heteroatoms. The molecule has 0 bridgehead atoms. The molecule has 0 saturated heterocycles. The van der Waals surface area contributed by atoms with E-state index in [9.17, 15) is 1.37 Å². The molecular weight excluding hydrogens is 404 g/mol. The smallest absolute Gasteiger partial charge is 0.227 e. The van der Waals surface area contributed by atoms with Gasteiger partial charge in [0.2, 0.25) is 5.71 Å². The summed E-state index contributed by atoms with van der Waals surface area (Å²) in [5.41, 5.74) is 6.45. The van der Waals surface area contributed by atoms with E-state index in [2.05, 4.69) is 59.4 Å². The lowest BCUT2D eigenvalue weighted by Crippen LogP contribution is -2.14. The van der Waals surface area contributed by atoms with Gasteiger partial charge >= 0.3 is 0 Å². The Morgan fingerprint density at radius 2 is 1.73 bits per heavy atom. The van der Waals surface area contributed by atoms with Gasteiger partial charge in [0.1, 0.15) is 5.58 Å². The maximum Gasteiger partial charge on any atom is 0.227 e. The number of pyridine rings is 2. The van der Waals surface area contributed by atoms with Crippen molar-refractivity contribution in [1.29, 1.82) is 0 Å². The Morgan fingerprint density at radius 1 is 0.879 bits per heavy atom. The molecule has 0 spiro atoms. The Labute approximate surface area is 195 Å². The molecule has 3 aromatic heterocycles. The van der Waals surface area contributed by atoms with E-state index in [1.54, 1.807) is 0 Å². The van der Waals surface area contributed by atoms with Gasteiger partial charge in [-0.1, -0.05) is 68.7 Å². The van der Waals surface area contributed by atoms with Gasteiger partial charge in [-0.25, -0.2) is 4.98 Å². The summed E-state index contributed by atoms with van der Waals surface area (Å²) in [5.74, 6) is -0.231. The molecule has 0 radical (unpaired) electrons. The van der Waals surface area contributed by atoms with Crippen LogP contribution in [0.15, 0.2) is 83.5 Å². The van der Waals surface area contributed by atoms with E-state index in [4.69, 9.17) is 4.42 Å². The molecule has 6 rings (SSSR count). The van der Waals surface area contributed by atoms with Gasteiger partial charge in [-0.15, -0.1) is 0 Å². The van der Waals surface area contributed by atoms with Crippen LogP contribution in [0.25, 0.3) is 44.5 Å². The predicted octanol–water partition coefficient (Wildman–Crippen LogP) is 8.39. The topological polar surface area (TPSA) is 38.9 Å². The Balaban J connectivity index is 1.45. The average molecular weight is 434 g/mol. The SMILES string of the molecule is [2H]C(C)(c1ccnc(-c2cccc3c2oc2ncc(-c4ccccc4)cc23)c1)C1CCCCC1. The van der Waals surface area contributed by atoms with Gasteiger partial charge in [-0.3, -0.25) is 4.98 Å². The molecule has 0 amide bonds. The Morgan fingerprint density at radius 3 is 2.58 bits per heavy atom. The maximum atomic E-state index is 9.22. The highest BCUT2D eigenvalue weighted by Crippen LogP contribution is 2.39. The number of aromatic nitrogens is 2. The van der Waals surface area contributed by atoms with Gasteiger partial charge in [0.15, 0.2) is 0 Å². The van der Waals surface area contributed by atoms with E-state index in [-0.39, 0.29) is 0 Å². The summed E-state index contributed by atoms with van der Waals surface area (Å²) in [4.78, 5) is 9.32. The van der Waals surface area contributed by atoms with Gasteiger partial charge in [0.25, 0.3) is 0 Å². The van der Waals surface area contributed by atoms with Crippen molar-refractivity contribution in [2.24, 2.45) is 5.92 Å². The van der Waals surface area contributed by atoms with Crippen LogP contribution in [0.1, 0.15) is 51.9 Å². The number of hydrogen-bond donors (Lipinski definition) is 0. The van der Waals surface area contributed by atoms with Crippen LogP contribution in [0.3, 0.4) is 0 Å². The largest absolute Gasteiger partial charge is 0.437 e. The summed E-state index contributed by atoms with van der Waals surface area (Å²) in [7, 11) is 0. The van der Waals surface area contributed by atoms with E-state index in [1.165, 1.54) is 19.3 Å². The quantitative estimate of drug-likeness (QED) is 0.286. The third kappa shape index (κ3) is 3.72. The monoisotopic (exact) mass is 433 g/mol. The molecule has 164 valence electrons. The van der Waals surface area contributed by atoms with Gasteiger partial charge in [-0.05, 0) is 60.0 Å². The van der Waals surface area contributed by atoms with Crippen molar-refractivity contribution >= 4 is 22.1 Å². The molecule has 1 fully saturated rings. The standard InChI is InChI=1S/C30H28N2O/c1-20(21-9-4-2-5-10-21)23-15-16-31-28(18-23)26-14-8-13-25-27-17-24(22-11-6-3-7-12-22)19-32-30(27)33-29(25)26/h3,6-8,11-21H,2,4-5,9-10H2,1H3/i20D. The highest BCUT2D eigenvalue weighted by atomic mass is 16.3. The number of hydrogen-bond acceptors (Lipinski definition) is 3. The first-order valence-corrected chi connectivity index (χ1v) is 11.9. The molecule has 1 atom stereocenters. The van der Waals surface area contributed by atoms with E-state index in [0.29, 0.717) is 11.6 Å². The molecule has 3 heterocycles. The molecule has 2 aromatic carbocycles. The minimum atomic E-state index is -0.619. The van der Waals surface area contributed by atoms with Crippen LogP contribution in [0.2, 0.25) is 0 Å². The van der Waals surface area contributed by atoms with Crippen molar-refractivity contribution in [2.45, 2.75) is 44.9 Å². The summed E-state index contributed by atoms with van der Waals surface area (Å²) < 4.78 is 15.5. The van der Waals surface area contributed by atoms with E-state index in [1.807, 2.05) is 36.7 Å². The minimum absolute atomic E-state index is 0.388. The van der Waals surface area contributed by atoms with E-state index >= 15 is 0 Å². The summed E-state index contributed by atoms with van der Waals surface area (Å²) in [5, 5.41) is 2.03. The zero-order valence-electron chi connectivity index (χ0n) is 19.9. The second-order valence-corrected chi connectivity index (χ2v) is 9.17. The van der Waals surface area contributed by atoms with Crippen LogP contribution < -0.4 is 0 Å². The molecule has 1 saturated carbocycles. The van der Waals surface area contributed by atoms with Crippen molar-refractivity contribution < 1.29 is 5.79 Å². The molecule has 3 nitrogen and oxygen atoms in total. The minimum Gasteiger partial charge on any atom is -0.437 e. The first-order valence-electron chi connectivity index (χ1n) is 12.4. The lowest BCUT2D eigenvalue weighted by Gasteiger charge is -2.28. The summed E-state index contributed by atoms with van der Waals surface area (Å²) in [6.07, 6.45) is 9.73. The van der Waals surface area contributed by atoms with Crippen molar-refractivity contribution in [1.82, 2.24) is 9.97 Å². The molecule has 0 N–H and O–H groups in total. The highest BCUT2D eigenvalue weighted by Gasteiger charge is 2.22. The Bertz CT molecular complexity index is 1470. The third-order valence-corrected chi connectivity index (χ3v) is 7.17. The Kier molecular flexibility index (Phi) is 4.89. The number of nitrogens with zero attached hydrogens (tertiary/aromatic N) is 2. The highest BCUT2D eigenvalue weighted by molar-refractivity contribution is 6.09. The zero-order chi connectivity index (χ0) is 23.1. The molecule has 1 unspecified atom stereocenters. The first kappa shape index (κ1) is 19.0. The van der Waals surface area contributed by atoms with Gasteiger partial charge in [0, 0.05) is 35.7 Å². The zero-order valence-corrected chi connectivity index (χ0v) is 18.9. The first-order chi connectivity index (χ1) is 16.6. The van der Waals surface area contributed by atoms with Gasteiger partial charge in [0.05, 0.1) is 5.69 Å². The lowest BCUT2D eigenvalue weighted by atomic mass is 9.78. The molecule has 33 heavy (non-hydrogen) atoms. The fourth-order valence-corrected chi connectivity index (χ4v) is 5.27. The summed E-state index contributed by atoms with van der Waals surface area (Å²) >= 11 is 0. The number of fused-ring (bicyclic) bond motifs is 3.